The van der Waals surface area contributed by atoms with Gasteiger partial charge in [-0.05, 0) is 22.6 Å². The van der Waals surface area contributed by atoms with Crippen molar-refractivity contribution in [3.05, 3.63) is 21.0 Å². The topological polar surface area (TPSA) is 42.4 Å². The molecule has 0 aliphatic rings. The Bertz CT molecular complexity index is 444. The Balaban J connectivity index is 3.40. The lowest BCUT2D eigenvalue weighted by Crippen LogP contribution is -2.21. The summed E-state index contributed by atoms with van der Waals surface area (Å²) in [7, 11) is 0. The molecule has 1 aromatic heterocycles. The number of nitrogens with zero attached hydrogens (tertiary/aromatic N) is 1. The molecule has 1 rings (SSSR count). The fourth-order valence-corrected chi connectivity index (χ4v) is 1.70. The van der Waals surface area contributed by atoms with Crippen LogP contribution in [0.4, 0.5) is 26.3 Å². The van der Waals surface area contributed by atoms with E-state index in [4.69, 9.17) is 5.11 Å². The highest BCUT2D eigenvalue weighted by molar-refractivity contribution is 14.1. The fourth-order valence-electron chi connectivity index (χ4n) is 1.13. The minimum atomic E-state index is -5.17. The van der Waals surface area contributed by atoms with Crippen LogP contribution in [0.2, 0.25) is 0 Å². The van der Waals surface area contributed by atoms with Gasteiger partial charge in [-0.3, -0.25) is 0 Å². The Labute approximate surface area is 110 Å². The number of hydrogen-bond donors (Lipinski definition) is 1. The van der Waals surface area contributed by atoms with Crippen LogP contribution in [-0.2, 0) is 12.8 Å². The maximum atomic E-state index is 12.5. The number of rotatable bonds is 2. The molecular weight excluding hydrogens is 383 g/mol. The quantitative estimate of drug-likeness (QED) is 0.482. The largest absolute Gasteiger partial charge is 0.573 e. The van der Waals surface area contributed by atoms with Gasteiger partial charge < -0.3 is 9.84 Å². The summed E-state index contributed by atoms with van der Waals surface area (Å²) in [4.78, 5) is 3.17. The summed E-state index contributed by atoms with van der Waals surface area (Å²) in [6, 6.07) is 0. The van der Waals surface area contributed by atoms with Crippen molar-refractivity contribution in [1.82, 2.24) is 4.98 Å². The second kappa shape index (κ2) is 5.07. The molecule has 1 heterocycles. The molecule has 102 valence electrons. The Kier molecular flexibility index (Phi) is 4.30. The van der Waals surface area contributed by atoms with Gasteiger partial charge in [-0.15, -0.1) is 13.2 Å². The molecule has 0 amide bonds. The van der Waals surface area contributed by atoms with E-state index in [1.54, 1.807) is 0 Å². The van der Waals surface area contributed by atoms with Crippen molar-refractivity contribution in [2.75, 3.05) is 0 Å². The molecule has 0 unspecified atom stereocenters. The summed E-state index contributed by atoms with van der Waals surface area (Å²) < 4.78 is 76.6. The number of hydrogen-bond acceptors (Lipinski definition) is 3. The summed E-state index contributed by atoms with van der Waals surface area (Å²) in [5, 5.41) is 8.81. The molecule has 0 bridgehead atoms. The molecule has 0 aliphatic heterocycles. The Hall–Kier alpha value is -0.780. The Morgan fingerprint density at radius 2 is 1.78 bits per heavy atom. The second-order valence-electron chi connectivity index (χ2n) is 2.97. The predicted octanol–water partition coefficient (Wildman–Crippen LogP) is 3.10. The van der Waals surface area contributed by atoms with E-state index in [9.17, 15) is 26.3 Å². The van der Waals surface area contributed by atoms with Gasteiger partial charge in [0.1, 0.15) is 3.70 Å². The molecule has 1 N–H and O–H groups in total. The van der Waals surface area contributed by atoms with Gasteiger partial charge in [-0.25, -0.2) is 4.98 Å². The molecule has 0 atom stereocenters. The summed E-state index contributed by atoms with van der Waals surface area (Å²) in [5.41, 5.74) is -2.47. The van der Waals surface area contributed by atoms with Gasteiger partial charge in [0.25, 0.3) is 0 Å². The van der Waals surface area contributed by atoms with Crippen molar-refractivity contribution in [2.45, 2.75) is 19.1 Å². The van der Waals surface area contributed by atoms with Crippen LogP contribution < -0.4 is 4.74 Å². The van der Waals surface area contributed by atoms with Crippen LogP contribution in [-0.4, -0.2) is 16.5 Å². The smallest absolute Gasteiger partial charge is 0.403 e. The van der Waals surface area contributed by atoms with Gasteiger partial charge in [0.05, 0.1) is 12.2 Å². The van der Waals surface area contributed by atoms with Gasteiger partial charge in [0.2, 0.25) is 0 Å². The van der Waals surface area contributed by atoms with Crippen molar-refractivity contribution >= 4 is 22.6 Å². The van der Waals surface area contributed by atoms with Crippen LogP contribution in [0.5, 0.6) is 5.75 Å². The molecule has 0 aliphatic carbocycles. The van der Waals surface area contributed by atoms with Gasteiger partial charge in [0, 0.05) is 11.8 Å². The molecule has 3 nitrogen and oxygen atoms in total. The minimum Gasteiger partial charge on any atom is -0.403 e. The summed E-state index contributed by atoms with van der Waals surface area (Å²) in [6.45, 7) is -1.25. The predicted molar refractivity (Wildman–Crippen MR) is 54.6 cm³/mol. The van der Waals surface area contributed by atoms with E-state index in [0.29, 0.717) is 6.20 Å². The molecule has 0 radical (unpaired) electrons. The van der Waals surface area contributed by atoms with Gasteiger partial charge >= 0.3 is 12.5 Å². The standard InChI is InChI=1S/C8H4F6INO2/c9-7(10,11)4-1-16-6(15)5(3(4)2-17)18-8(12,13)14/h1,17H,2H2. The number of aliphatic hydroxyl groups is 1. The molecule has 18 heavy (non-hydrogen) atoms. The third-order valence-electron chi connectivity index (χ3n) is 1.77. The summed E-state index contributed by atoms with van der Waals surface area (Å²) in [6.07, 6.45) is -9.76. The maximum Gasteiger partial charge on any atom is 0.573 e. The van der Waals surface area contributed by atoms with E-state index < -0.39 is 39.7 Å². The molecule has 0 fully saturated rings. The van der Waals surface area contributed by atoms with Crippen LogP contribution in [0.1, 0.15) is 11.1 Å². The zero-order chi connectivity index (χ0) is 14.1. The van der Waals surface area contributed by atoms with E-state index in [1.807, 2.05) is 0 Å². The first-order valence-corrected chi connectivity index (χ1v) is 5.25. The molecule has 0 aromatic carbocycles. The minimum absolute atomic E-state index is 0.344. The van der Waals surface area contributed by atoms with E-state index in [-0.39, 0.29) is 0 Å². The maximum absolute atomic E-state index is 12.5. The number of ether oxygens (including phenoxy) is 1. The first-order valence-electron chi connectivity index (χ1n) is 4.17. The average Bonchev–Trinajstić information content (AvgIpc) is 2.17. The highest BCUT2D eigenvalue weighted by Crippen LogP contribution is 2.39. The van der Waals surface area contributed by atoms with Crippen LogP contribution >= 0.6 is 22.6 Å². The summed E-state index contributed by atoms with van der Waals surface area (Å²) >= 11 is 1.28. The number of aromatic nitrogens is 1. The Morgan fingerprint density at radius 1 is 1.22 bits per heavy atom. The van der Waals surface area contributed by atoms with Crippen molar-refractivity contribution in [3.63, 3.8) is 0 Å². The first kappa shape index (κ1) is 15.3. The molecular formula is C8H4F6INO2. The molecule has 0 spiro atoms. The number of pyridine rings is 1. The highest BCUT2D eigenvalue weighted by Gasteiger charge is 2.39. The molecule has 0 saturated carbocycles. The zero-order valence-corrected chi connectivity index (χ0v) is 10.4. The van der Waals surface area contributed by atoms with Crippen LogP contribution in [0.15, 0.2) is 6.20 Å². The van der Waals surface area contributed by atoms with Gasteiger partial charge in [-0.1, -0.05) is 0 Å². The zero-order valence-electron chi connectivity index (χ0n) is 8.23. The molecule has 10 heteroatoms. The van der Waals surface area contributed by atoms with Crippen LogP contribution in [0, 0.1) is 3.70 Å². The highest BCUT2D eigenvalue weighted by atomic mass is 127. The SMILES string of the molecule is OCc1c(C(F)(F)F)cnc(I)c1OC(F)(F)F. The normalized spacial score (nSPS) is 12.7. The number of alkyl halides is 6. The van der Waals surface area contributed by atoms with Gasteiger partial charge in [0.15, 0.2) is 5.75 Å². The lowest BCUT2D eigenvalue weighted by atomic mass is 10.1. The van der Waals surface area contributed by atoms with Gasteiger partial charge in [-0.2, -0.15) is 13.2 Å². The third-order valence-corrected chi connectivity index (χ3v) is 2.54. The van der Waals surface area contributed by atoms with Crippen LogP contribution in [0.3, 0.4) is 0 Å². The second-order valence-corrected chi connectivity index (χ2v) is 4.00. The molecule has 0 saturated heterocycles. The van der Waals surface area contributed by atoms with Crippen LogP contribution in [0.25, 0.3) is 0 Å². The van der Waals surface area contributed by atoms with Crippen molar-refractivity contribution in [2.24, 2.45) is 0 Å². The van der Waals surface area contributed by atoms with E-state index in [0.717, 1.165) is 0 Å². The third kappa shape index (κ3) is 3.60. The number of halogens is 7. The van der Waals surface area contributed by atoms with E-state index in [1.165, 1.54) is 22.6 Å². The van der Waals surface area contributed by atoms with Crippen molar-refractivity contribution in [3.8, 4) is 5.75 Å². The lowest BCUT2D eigenvalue weighted by Gasteiger charge is -2.17. The first-order chi connectivity index (χ1) is 8.06. The van der Waals surface area contributed by atoms with Crippen molar-refractivity contribution in [1.29, 1.82) is 0 Å². The van der Waals surface area contributed by atoms with Crippen molar-refractivity contribution < 1.29 is 36.2 Å². The average molecular weight is 387 g/mol. The monoisotopic (exact) mass is 387 g/mol. The summed E-state index contributed by atoms with van der Waals surface area (Å²) in [5.74, 6) is -1.14. The Morgan fingerprint density at radius 3 is 2.17 bits per heavy atom. The van der Waals surface area contributed by atoms with E-state index >= 15 is 0 Å². The lowest BCUT2D eigenvalue weighted by molar-refractivity contribution is -0.275. The number of aliphatic hydroxyl groups excluding tert-OH is 1. The van der Waals surface area contributed by atoms with E-state index in [2.05, 4.69) is 9.72 Å². The molecule has 1 aromatic rings. The fraction of sp³-hybridized carbons (Fsp3) is 0.375.